The summed E-state index contributed by atoms with van der Waals surface area (Å²) in [6, 6.07) is 1.82. The molecular formula is C7H13N3O. The maximum Gasteiger partial charge on any atom is 0.145 e. The Morgan fingerprint density at radius 1 is 1.73 bits per heavy atom. The fourth-order valence-corrected chi connectivity index (χ4v) is 0.844. The van der Waals surface area contributed by atoms with Crippen LogP contribution in [0.1, 0.15) is 12.6 Å². The minimum absolute atomic E-state index is 0.486. The normalized spacial score (nSPS) is 10.4. The molecule has 1 aromatic heterocycles. The number of anilines is 1. The van der Waals surface area contributed by atoms with Crippen LogP contribution in [-0.2, 0) is 11.5 Å². The van der Waals surface area contributed by atoms with E-state index in [1.807, 2.05) is 19.9 Å². The number of rotatable bonds is 3. The van der Waals surface area contributed by atoms with Gasteiger partial charge >= 0.3 is 0 Å². The second kappa shape index (κ2) is 3.39. The van der Waals surface area contributed by atoms with Crippen molar-refractivity contribution in [3.05, 3.63) is 11.8 Å². The summed E-state index contributed by atoms with van der Waals surface area (Å²) in [4.78, 5) is 0. The van der Waals surface area contributed by atoms with Crippen molar-refractivity contribution in [2.75, 3.05) is 12.3 Å². The Bertz CT molecular complexity index is 232. The van der Waals surface area contributed by atoms with Gasteiger partial charge in [-0.3, -0.25) is 0 Å². The molecule has 0 saturated carbocycles. The molecule has 0 spiro atoms. The van der Waals surface area contributed by atoms with Crippen LogP contribution in [0.2, 0.25) is 0 Å². The summed E-state index contributed by atoms with van der Waals surface area (Å²) in [6.45, 7) is 5.07. The van der Waals surface area contributed by atoms with Crippen molar-refractivity contribution in [3.8, 4) is 0 Å². The van der Waals surface area contributed by atoms with Gasteiger partial charge in [-0.2, -0.15) is 5.10 Å². The number of hydrogen-bond acceptors (Lipinski definition) is 3. The first-order valence-electron chi connectivity index (χ1n) is 3.61. The predicted octanol–water partition coefficient (Wildman–Crippen LogP) is 0.768. The first-order valence-corrected chi connectivity index (χ1v) is 3.61. The van der Waals surface area contributed by atoms with E-state index in [9.17, 15) is 0 Å². The van der Waals surface area contributed by atoms with E-state index < -0.39 is 0 Å². The van der Waals surface area contributed by atoms with Gasteiger partial charge in [-0.15, -0.1) is 0 Å². The van der Waals surface area contributed by atoms with E-state index in [2.05, 4.69) is 5.10 Å². The maximum atomic E-state index is 5.46. The van der Waals surface area contributed by atoms with Crippen molar-refractivity contribution < 1.29 is 4.74 Å². The van der Waals surface area contributed by atoms with E-state index in [0.717, 1.165) is 5.69 Å². The lowest BCUT2D eigenvalue weighted by Gasteiger charge is -2.02. The predicted molar refractivity (Wildman–Crippen MR) is 43.0 cm³/mol. The molecule has 1 heterocycles. The summed E-state index contributed by atoms with van der Waals surface area (Å²) in [7, 11) is 0. The average Bonchev–Trinajstić information content (AvgIpc) is 2.26. The van der Waals surface area contributed by atoms with Crippen molar-refractivity contribution in [2.24, 2.45) is 0 Å². The number of aromatic nitrogens is 2. The zero-order chi connectivity index (χ0) is 8.27. The fourth-order valence-electron chi connectivity index (χ4n) is 0.844. The molecule has 0 radical (unpaired) electrons. The molecule has 0 fully saturated rings. The molecule has 0 aliphatic carbocycles. The number of nitrogens with two attached hydrogens (primary N) is 1. The topological polar surface area (TPSA) is 53.1 Å². The lowest BCUT2D eigenvalue weighted by atomic mass is 10.5. The molecule has 4 heteroatoms. The lowest BCUT2D eigenvalue weighted by Crippen LogP contribution is -2.05. The van der Waals surface area contributed by atoms with Crippen molar-refractivity contribution in [3.63, 3.8) is 0 Å². The molecule has 0 aliphatic heterocycles. The fraction of sp³-hybridized carbons (Fsp3) is 0.571. The maximum absolute atomic E-state index is 5.46. The van der Waals surface area contributed by atoms with Crippen LogP contribution in [0.15, 0.2) is 6.07 Å². The van der Waals surface area contributed by atoms with Gasteiger partial charge in [0.25, 0.3) is 0 Å². The second-order valence-corrected chi connectivity index (χ2v) is 2.33. The van der Waals surface area contributed by atoms with E-state index in [1.165, 1.54) is 0 Å². The quantitative estimate of drug-likeness (QED) is 0.701. The van der Waals surface area contributed by atoms with Crippen LogP contribution in [0.5, 0.6) is 0 Å². The molecule has 0 bridgehead atoms. The van der Waals surface area contributed by atoms with Crippen LogP contribution in [0, 0.1) is 6.92 Å². The average molecular weight is 155 g/mol. The van der Waals surface area contributed by atoms with Gasteiger partial charge in [0.2, 0.25) is 0 Å². The van der Waals surface area contributed by atoms with Crippen molar-refractivity contribution in [2.45, 2.75) is 20.6 Å². The van der Waals surface area contributed by atoms with Crippen LogP contribution in [0.4, 0.5) is 5.82 Å². The molecule has 11 heavy (non-hydrogen) atoms. The highest BCUT2D eigenvalue weighted by Crippen LogP contribution is 2.03. The summed E-state index contributed by atoms with van der Waals surface area (Å²) in [5, 5.41) is 4.02. The van der Waals surface area contributed by atoms with Gasteiger partial charge in [0.15, 0.2) is 0 Å². The van der Waals surface area contributed by atoms with E-state index in [1.54, 1.807) is 4.68 Å². The van der Waals surface area contributed by atoms with E-state index in [4.69, 9.17) is 10.5 Å². The number of ether oxygens (including phenoxy) is 1. The van der Waals surface area contributed by atoms with Gasteiger partial charge in [-0.1, -0.05) is 0 Å². The summed E-state index contributed by atoms with van der Waals surface area (Å²) in [5.41, 5.74) is 6.49. The molecular weight excluding hydrogens is 142 g/mol. The molecule has 0 aliphatic rings. The summed E-state index contributed by atoms with van der Waals surface area (Å²) < 4.78 is 6.89. The Kier molecular flexibility index (Phi) is 2.48. The molecule has 0 amide bonds. The van der Waals surface area contributed by atoms with Crippen molar-refractivity contribution in [1.82, 2.24) is 9.78 Å². The number of nitrogen functional groups attached to an aromatic ring is 1. The first kappa shape index (κ1) is 8.07. The van der Waals surface area contributed by atoms with Crippen LogP contribution in [0.3, 0.4) is 0 Å². The Labute approximate surface area is 66.0 Å². The van der Waals surface area contributed by atoms with E-state index >= 15 is 0 Å². The minimum atomic E-state index is 0.486. The molecule has 4 nitrogen and oxygen atoms in total. The van der Waals surface area contributed by atoms with Gasteiger partial charge in [0.1, 0.15) is 12.5 Å². The molecule has 0 atom stereocenters. The molecule has 0 saturated heterocycles. The highest BCUT2D eigenvalue weighted by atomic mass is 16.5. The third-order valence-electron chi connectivity index (χ3n) is 1.42. The van der Waals surface area contributed by atoms with Crippen molar-refractivity contribution >= 4 is 5.82 Å². The standard InChI is InChI=1S/C7H13N3O/c1-3-11-5-10-6(2)4-7(8)9-10/h4H,3,5H2,1-2H3,(H2,8,9). The largest absolute Gasteiger partial charge is 0.382 e. The Balaban J connectivity index is 2.62. The third-order valence-corrected chi connectivity index (χ3v) is 1.42. The Hall–Kier alpha value is -1.03. The second-order valence-electron chi connectivity index (χ2n) is 2.33. The number of hydrogen-bond donors (Lipinski definition) is 1. The van der Waals surface area contributed by atoms with Gasteiger partial charge in [-0.25, -0.2) is 4.68 Å². The number of aryl methyl sites for hydroxylation is 1. The number of nitrogens with zero attached hydrogens (tertiary/aromatic N) is 2. The minimum Gasteiger partial charge on any atom is -0.382 e. The lowest BCUT2D eigenvalue weighted by molar-refractivity contribution is 0.0779. The first-order chi connectivity index (χ1) is 5.24. The van der Waals surface area contributed by atoms with E-state index in [-0.39, 0.29) is 0 Å². The van der Waals surface area contributed by atoms with Crippen LogP contribution in [0.25, 0.3) is 0 Å². The van der Waals surface area contributed by atoms with E-state index in [0.29, 0.717) is 19.2 Å². The highest BCUT2D eigenvalue weighted by molar-refractivity contribution is 5.28. The molecule has 1 rings (SSSR count). The smallest absolute Gasteiger partial charge is 0.145 e. The van der Waals surface area contributed by atoms with Gasteiger partial charge < -0.3 is 10.5 Å². The monoisotopic (exact) mass is 155 g/mol. The third kappa shape index (κ3) is 1.94. The Morgan fingerprint density at radius 2 is 2.45 bits per heavy atom. The Morgan fingerprint density at radius 3 is 2.91 bits per heavy atom. The zero-order valence-corrected chi connectivity index (χ0v) is 6.87. The van der Waals surface area contributed by atoms with Crippen LogP contribution in [-0.4, -0.2) is 16.4 Å². The SMILES string of the molecule is CCOCn1nc(N)cc1C. The zero-order valence-electron chi connectivity index (χ0n) is 6.87. The summed E-state index contributed by atoms with van der Waals surface area (Å²) in [6.07, 6.45) is 0. The molecule has 0 aromatic carbocycles. The van der Waals surface area contributed by atoms with Crippen LogP contribution >= 0.6 is 0 Å². The molecule has 2 N–H and O–H groups in total. The molecule has 1 aromatic rings. The van der Waals surface area contributed by atoms with Gasteiger partial charge in [0.05, 0.1) is 0 Å². The summed E-state index contributed by atoms with van der Waals surface area (Å²) >= 11 is 0. The summed E-state index contributed by atoms with van der Waals surface area (Å²) in [5.74, 6) is 0.544. The van der Waals surface area contributed by atoms with Crippen LogP contribution < -0.4 is 5.73 Å². The van der Waals surface area contributed by atoms with Gasteiger partial charge in [-0.05, 0) is 13.8 Å². The van der Waals surface area contributed by atoms with Gasteiger partial charge in [0, 0.05) is 18.4 Å². The highest BCUT2D eigenvalue weighted by Gasteiger charge is 1.98. The molecule has 0 unspecified atom stereocenters. The van der Waals surface area contributed by atoms with Crippen molar-refractivity contribution in [1.29, 1.82) is 0 Å². The molecule has 62 valence electrons.